The van der Waals surface area contributed by atoms with Crippen molar-refractivity contribution in [1.29, 1.82) is 0 Å². The molecule has 0 aliphatic carbocycles. The van der Waals surface area contributed by atoms with Crippen LogP contribution >= 0.6 is 12.6 Å². The van der Waals surface area contributed by atoms with Gasteiger partial charge in [-0.1, -0.05) is 30.3 Å². The molecule has 1 aromatic carbocycles. The van der Waals surface area contributed by atoms with Gasteiger partial charge >= 0.3 is 5.97 Å². The standard InChI is InChI=1S/C13H14N2O5S/c16-8(6-7-4-2-1-3-5-7)14-9-10(17)15(12(9)21)11(18)13(19)20/h1-5,9,11-12,18,21H,6H2,(H,14,16)(H,19,20)/t9-,11?,12-/m1/s1. The Morgan fingerprint density at radius 3 is 2.48 bits per heavy atom. The molecule has 0 spiro atoms. The van der Waals surface area contributed by atoms with Crippen LogP contribution in [0.5, 0.6) is 0 Å². The predicted molar refractivity (Wildman–Crippen MR) is 75.3 cm³/mol. The summed E-state index contributed by atoms with van der Waals surface area (Å²) in [5, 5.41) is 19.6. The number of hydrogen-bond acceptors (Lipinski definition) is 5. The van der Waals surface area contributed by atoms with Crippen LogP contribution in [0, 0.1) is 0 Å². The van der Waals surface area contributed by atoms with Crippen molar-refractivity contribution >= 4 is 30.4 Å². The zero-order valence-corrected chi connectivity index (χ0v) is 11.7. The second kappa shape index (κ2) is 6.15. The summed E-state index contributed by atoms with van der Waals surface area (Å²) in [5.74, 6) is -2.59. The number of carboxylic acid groups (broad SMARTS) is 1. The summed E-state index contributed by atoms with van der Waals surface area (Å²) < 4.78 is 0. The smallest absolute Gasteiger partial charge is 0.354 e. The number of nitrogens with zero attached hydrogens (tertiary/aromatic N) is 1. The first-order chi connectivity index (χ1) is 9.91. The predicted octanol–water partition coefficient (Wildman–Crippen LogP) is -0.785. The number of benzene rings is 1. The molecule has 1 aromatic rings. The van der Waals surface area contributed by atoms with Gasteiger partial charge in [0, 0.05) is 0 Å². The molecule has 1 aliphatic heterocycles. The van der Waals surface area contributed by atoms with Gasteiger partial charge in [-0.05, 0) is 5.56 Å². The van der Waals surface area contributed by atoms with Gasteiger partial charge in [0.1, 0.15) is 11.4 Å². The average molecular weight is 310 g/mol. The lowest BCUT2D eigenvalue weighted by Crippen LogP contribution is -2.72. The van der Waals surface area contributed by atoms with Crippen LogP contribution in [0.15, 0.2) is 30.3 Å². The highest BCUT2D eigenvalue weighted by Crippen LogP contribution is 2.25. The lowest BCUT2D eigenvalue weighted by atomic mass is 10.1. The third-order valence-electron chi connectivity index (χ3n) is 3.11. The van der Waals surface area contributed by atoms with Crippen LogP contribution in [0.1, 0.15) is 5.56 Å². The summed E-state index contributed by atoms with van der Waals surface area (Å²) in [5.41, 5.74) is 0.792. The highest BCUT2D eigenvalue weighted by molar-refractivity contribution is 7.81. The number of thiol groups is 1. The van der Waals surface area contributed by atoms with Crippen LogP contribution in [0.4, 0.5) is 0 Å². The fourth-order valence-corrected chi connectivity index (χ4v) is 2.47. The molecule has 21 heavy (non-hydrogen) atoms. The van der Waals surface area contributed by atoms with Crippen molar-refractivity contribution in [2.45, 2.75) is 24.1 Å². The molecule has 0 radical (unpaired) electrons. The third-order valence-corrected chi connectivity index (χ3v) is 3.66. The largest absolute Gasteiger partial charge is 0.478 e. The van der Waals surface area contributed by atoms with Crippen molar-refractivity contribution in [3.05, 3.63) is 35.9 Å². The normalized spacial score (nSPS) is 22.4. The molecule has 1 heterocycles. The fraction of sp³-hybridized carbons (Fsp3) is 0.308. The molecule has 7 nitrogen and oxygen atoms in total. The Bertz CT molecular complexity index is 565. The van der Waals surface area contributed by atoms with Crippen LogP contribution in [-0.2, 0) is 20.8 Å². The first-order valence-corrected chi connectivity index (χ1v) is 6.68. The third kappa shape index (κ3) is 3.17. The number of rotatable bonds is 5. The van der Waals surface area contributed by atoms with Crippen molar-refractivity contribution in [1.82, 2.24) is 10.2 Å². The van der Waals surface area contributed by atoms with E-state index in [1.807, 2.05) is 6.07 Å². The maximum Gasteiger partial charge on any atom is 0.354 e. The number of carbonyl (C=O) groups excluding carboxylic acids is 2. The van der Waals surface area contributed by atoms with E-state index in [4.69, 9.17) is 5.11 Å². The number of likely N-dealkylation sites (tertiary alicyclic amines) is 1. The number of aliphatic hydroxyl groups is 1. The van der Waals surface area contributed by atoms with E-state index < -0.39 is 29.5 Å². The minimum atomic E-state index is -1.96. The molecule has 8 heteroatoms. The van der Waals surface area contributed by atoms with Crippen LogP contribution < -0.4 is 5.32 Å². The zero-order chi connectivity index (χ0) is 15.6. The quantitative estimate of drug-likeness (QED) is 0.421. The number of β-lactam (4-membered cyclic amide) rings is 1. The van der Waals surface area contributed by atoms with Crippen molar-refractivity contribution < 1.29 is 24.6 Å². The molecule has 0 aromatic heterocycles. The molecule has 1 aliphatic rings. The van der Waals surface area contributed by atoms with Gasteiger partial charge < -0.3 is 15.5 Å². The average Bonchev–Trinajstić information content (AvgIpc) is 2.46. The molecule has 3 N–H and O–H groups in total. The highest BCUT2D eigenvalue weighted by Gasteiger charge is 2.50. The highest BCUT2D eigenvalue weighted by atomic mass is 32.1. The molecule has 2 rings (SSSR count). The number of nitrogens with one attached hydrogen (secondary N) is 1. The second-order valence-corrected chi connectivity index (χ2v) is 5.11. The summed E-state index contributed by atoms with van der Waals surface area (Å²) >= 11 is 4.04. The van der Waals surface area contributed by atoms with Gasteiger partial charge in [0.05, 0.1) is 6.42 Å². The number of amides is 2. The first kappa shape index (κ1) is 15.3. The van der Waals surface area contributed by atoms with E-state index in [1.165, 1.54) is 0 Å². The van der Waals surface area contributed by atoms with Gasteiger partial charge in [-0.15, -0.1) is 0 Å². The van der Waals surface area contributed by atoms with Crippen LogP contribution in [-0.4, -0.2) is 50.5 Å². The molecule has 0 saturated carbocycles. The van der Waals surface area contributed by atoms with E-state index in [1.54, 1.807) is 24.3 Å². The van der Waals surface area contributed by atoms with Gasteiger partial charge in [0.2, 0.25) is 12.1 Å². The zero-order valence-electron chi connectivity index (χ0n) is 10.8. The number of aliphatic carboxylic acids is 1. The Kier molecular flexibility index (Phi) is 4.49. The van der Waals surface area contributed by atoms with Gasteiger partial charge in [-0.3, -0.25) is 14.5 Å². The Labute approximate surface area is 126 Å². The monoisotopic (exact) mass is 310 g/mol. The summed E-state index contributed by atoms with van der Waals surface area (Å²) in [6.07, 6.45) is -1.85. The SMILES string of the molecule is O=C(Cc1ccccc1)N[C@@H]1C(=O)N(C(O)C(=O)O)[C@@H]1S. The molecule has 1 saturated heterocycles. The molecule has 3 atom stereocenters. The van der Waals surface area contributed by atoms with Crippen LogP contribution in [0.2, 0.25) is 0 Å². The molecule has 112 valence electrons. The molecule has 1 fully saturated rings. The summed E-state index contributed by atoms with van der Waals surface area (Å²) in [6.45, 7) is 0. The molecule has 1 unspecified atom stereocenters. The van der Waals surface area contributed by atoms with E-state index in [0.717, 1.165) is 5.56 Å². The topological polar surface area (TPSA) is 107 Å². The Hall–Kier alpha value is -2.06. The Balaban J connectivity index is 1.91. The summed E-state index contributed by atoms with van der Waals surface area (Å²) in [7, 11) is 0. The first-order valence-electron chi connectivity index (χ1n) is 6.16. The van der Waals surface area contributed by atoms with E-state index in [9.17, 15) is 19.5 Å². The van der Waals surface area contributed by atoms with Gasteiger partial charge in [0.15, 0.2) is 0 Å². The Morgan fingerprint density at radius 2 is 1.95 bits per heavy atom. The second-order valence-electron chi connectivity index (χ2n) is 4.58. The lowest BCUT2D eigenvalue weighted by molar-refractivity contribution is -0.178. The van der Waals surface area contributed by atoms with Crippen LogP contribution in [0.3, 0.4) is 0 Å². The molecular weight excluding hydrogens is 296 g/mol. The maximum atomic E-state index is 11.8. The van der Waals surface area contributed by atoms with E-state index in [2.05, 4.69) is 17.9 Å². The molecule has 0 bridgehead atoms. The number of carboxylic acids is 1. The maximum absolute atomic E-state index is 11.8. The van der Waals surface area contributed by atoms with Crippen molar-refractivity contribution in [2.75, 3.05) is 0 Å². The Morgan fingerprint density at radius 1 is 1.33 bits per heavy atom. The minimum absolute atomic E-state index is 0.104. The molecule has 2 amide bonds. The molecular formula is C13H14N2O5S. The summed E-state index contributed by atoms with van der Waals surface area (Å²) in [4.78, 5) is 34.9. The number of carbonyl (C=O) groups is 3. The van der Waals surface area contributed by atoms with Gasteiger partial charge in [0.25, 0.3) is 5.91 Å². The van der Waals surface area contributed by atoms with Crippen molar-refractivity contribution in [2.24, 2.45) is 0 Å². The van der Waals surface area contributed by atoms with Gasteiger partial charge in [-0.25, -0.2) is 4.79 Å². The van der Waals surface area contributed by atoms with E-state index in [-0.39, 0.29) is 12.3 Å². The van der Waals surface area contributed by atoms with Crippen LogP contribution in [0.25, 0.3) is 0 Å². The fourth-order valence-electron chi connectivity index (χ4n) is 2.02. The minimum Gasteiger partial charge on any atom is -0.478 e. The van der Waals surface area contributed by atoms with Crippen molar-refractivity contribution in [3.8, 4) is 0 Å². The van der Waals surface area contributed by atoms with E-state index in [0.29, 0.717) is 4.90 Å². The summed E-state index contributed by atoms with van der Waals surface area (Å²) in [6, 6.07) is 8.04. The van der Waals surface area contributed by atoms with Crippen molar-refractivity contribution in [3.63, 3.8) is 0 Å². The van der Waals surface area contributed by atoms with Gasteiger partial charge in [-0.2, -0.15) is 12.6 Å². The number of hydrogen-bond donors (Lipinski definition) is 4. The lowest BCUT2D eigenvalue weighted by Gasteiger charge is -2.45. The number of aliphatic hydroxyl groups excluding tert-OH is 1. The van der Waals surface area contributed by atoms with E-state index >= 15 is 0 Å².